The number of H-pyrrole nitrogens is 2. The van der Waals surface area contributed by atoms with Crippen LogP contribution in [0.3, 0.4) is 0 Å². The Hall–Kier alpha value is -2.76. The molecule has 0 aliphatic heterocycles. The molecule has 0 fully saturated rings. The van der Waals surface area contributed by atoms with Crippen LogP contribution in [0, 0.1) is 0 Å². The van der Waals surface area contributed by atoms with Crippen LogP contribution >= 0.6 is 23.4 Å². The van der Waals surface area contributed by atoms with Gasteiger partial charge in [-0.3, -0.25) is 9.78 Å². The summed E-state index contributed by atoms with van der Waals surface area (Å²) in [5.74, 6) is 0.224. The van der Waals surface area contributed by atoms with E-state index >= 15 is 0 Å². The molecule has 0 radical (unpaired) electrons. The molecule has 1 unspecified atom stereocenters. The first-order valence-electron chi connectivity index (χ1n) is 10.6. The van der Waals surface area contributed by atoms with E-state index in [9.17, 15) is 22.8 Å². The summed E-state index contributed by atoms with van der Waals surface area (Å²) >= 11 is 7.21. The van der Waals surface area contributed by atoms with Crippen molar-refractivity contribution in [3.8, 4) is 0 Å². The average Bonchev–Trinajstić information content (AvgIpc) is 3.17. The summed E-state index contributed by atoms with van der Waals surface area (Å²) in [7, 11) is 0. The molecule has 4 rings (SSSR count). The highest BCUT2D eigenvalue weighted by atomic mass is 35.5. The third-order valence-electron chi connectivity index (χ3n) is 5.23. The number of benzene rings is 1. The van der Waals surface area contributed by atoms with Gasteiger partial charge < -0.3 is 14.3 Å². The Kier molecular flexibility index (Phi) is 6.78. The SMILES string of the molecule is CC(C)(C)OCC(CSc1c(Cl)c(C(F)(F)F)cc2c(=O)[nH]c(=O)[nH]c12)n1ccc2cccnc21. The number of aromatic nitrogens is 4. The molecule has 0 aliphatic rings. The van der Waals surface area contributed by atoms with E-state index in [0.29, 0.717) is 11.7 Å². The summed E-state index contributed by atoms with van der Waals surface area (Å²) in [6.07, 6.45) is -1.30. The zero-order valence-electron chi connectivity index (χ0n) is 19.0. The highest BCUT2D eigenvalue weighted by molar-refractivity contribution is 7.99. The summed E-state index contributed by atoms with van der Waals surface area (Å²) in [6, 6.07) is 5.91. The van der Waals surface area contributed by atoms with Crippen LogP contribution < -0.4 is 11.2 Å². The van der Waals surface area contributed by atoms with Gasteiger partial charge in [0.2, 0.25) is 0 Å². The van der Waals surface area contributed by atoms with Gasteiger partial charge in [-0.1, -0.05) is 11.6 Å². The standard InChI is InChI=1S/C23H22ClF3N4O3S/c1-22(2,3)34-10-13(31-8-6-12-5-4-7-28-19(12)31)11-35-18-16(24)15(23(25,26)27)9-14-17(18)29-21(33)30-20(14)32/h4-9,13H,10-11H2,1-3H3,(H2,29,30,32,33). The predicted octanol–water partition coefficient (Wildman–Crippen LogP) is 5.39. The van der Waals surface area contributed by atoms with Crippen LogP contribution in [0.2, 0.25) is 5.02 Å². The number of thioether (sulfide) groups is 1. The lowest BCUT2D eigenvalue weighted by atomic mass is 10.1. The Bertz CT molecular complexity index is 1500. The van der Waals surface area contributed by atoms with Crippen molar-refractivity contribution in [1.29, 1.82) is 0 Å². The summed E-state index contributed by atoms with van der Waals surface area (Å²) in [5, 5.41) is 0.0123. The molecule has 0 spiro atoms. The number of hydrogen-bond donors (Lipinski definition) is 2. The number of pyridine rings is 1. The van der Waals surface area contributed by atoms with Gasteiger partial charge in [0.25, 0.3) is 5.56 Å². The van der Waals surface area contributed by atoms with Crippen molar-refractivity contribution >= 4 is 45.3 Å². The normalized spacial score (nSPS) is 13.6. The first-order valence-corrected chi connectivity index (χ1v) is 12.0. The number of halogens is 4. The quantitative estimate of drug-likeness (QED) is 0.329. The lowest BCUT2D eigenvalue weighted by molar-refractivity contribution is -0.137. The van der Waals surface area contributed by atoms with E-state index in [-0.39, 0.29) is 34.2 Å². The van der Waals surface area contributed by atoms with Gasteiger partial charge in [-0.2, -0.15) is 13.2 Å². The van der Waals surface area contributed by atoms with Gasteiger partial charge in [-0.05, 0) is 45.0 Å². The third kappa shape index (κ3) is 5.41. The van der Waals surface area contributed by atoms with Crippen LogP contribution in [0.15, 0.2) is 51.1 Å². The highest BCUT2D eigenvalue weighted by Gasteiger charge is 2.36. The van der Waals surface area contributed by atoms with Crippen molar-refractivity contribution in [1.82, 2.24) is 19.5 Å². The monoisotopic (exact) mass is 526 g/mol. The molecule has 1 aromatic carbocycles. The lowest BCUT2D eigenvalue weighted by Crippen LogP contribution is -2.26. The van der Waals surface area contributed by atoms with Crippen molar-refractivity contribution in [2.75, 3.05) is 12.4 Å². The van der Waals surface area contributed by atoms with Gasteiger partial charge >= 0.3 is 11.9 Å². The Morgan fingerprint density at radius 2 is 1.94 bits per heavy atom. The fourth-order valence-electron chi connectivity index (χ4n) is 3.61. The molecule has 2 N–H and O–H groups in total. The first-order chi connectivity index (χ1) is 16.3. The third-order valence-corrected chi connectivity index (χ3v) is 6.99. The molecule has 3 aromatic heterocycles. The van der Waals surface area contributed by atoms with Crippen LogP contribution in [-0.2, 0) is 10.9 Å². The van der Waals surface area contributed by atoms with E-state index in [1.54, 1.807) is 6.20 Å². The van der Waals surface area contributed by atoms with Crippen molar-refractivity contribution in [2.24, 2.45) is 0 Å². The maximum Gasteiger partial charge on any atom is 0.417 e. The molecular formula is C23H22ClF3N4O3S. The molecule has 0 aliphatic carbocycles. The second kappa shape index (κ2) is 9.36. The molecule has 4 aromatic rings. The molecule has 0 bridgehead atoms. The zero-order valence-corrected chi connectivity index (χ0v) is 20.6. The Balaban J connectivity index is 1.80. The second-order valence-corrected chi connectivity index (χ2v) is 10.3. The molecule has 0 saturated carbocycles. The maximum atomic E-state index is 13.7. The smallest absolute Gasteiger partial charge is 0.374 e. The van der Waals surface area contributed by atoms with Gasteiger partial charge in [0.1, 0.15) is 5.65 Å². The van der Waals surface area contributed by atoms with E-state index in [0.717, 1.165) is 17.1 Å². The molecule has 3 heterocycles. The van der Waals surface area contributed by atoms with Crippen molar-refractivity contribution < 1.29 is 17.9 Å². The molecule has 0 saturated heterocycles. The first kappa shape index (κ1) is 25.3. The molecule has 7 nitrogen and oxygen atoms in total. The van der Waals surface area contributed by atoms with Crippen LogP contribution in [0.4, 0.5) is 13.2 Å². The van der Waals surface area contributed by atoms with E-state index in [2.05, 4.69) is 9.97 Å². The maximum absolute atomic E-state index is 13.7. The number of ether oxygens (including phenoxy) is 1. The summed E-state index contributed by atoms with van der Waals surface area (Å²) < 4.78 is 49.0. The minimum Gasteiger partial charge on any atom is -0.374 e. The molecular weight excluding hydrogens is 505 g/mol. The van der Waals surface area contributed by atoms with Gasteiger partial charge in [-0.15, -0.1) is 11.8 Å². The van der Waals surface area contributed by atoms with E-state index in [1.165, 1.54) is 0 Å². The molecule has 12 heteroatoms. The largest absolute Gasteiger partial charge is 0.417 e. The number of nitrogens with zero attached hydrogens (tertiary/aromatic N) is 2. The minimum absolute atomic E-state index is 0.0372. The van der Waals surface area contributed by atoms with Crippen LogP contribution in [0.1, 0.15) is 32.4 Å². The topological polar surface area (TPSA) is 92.8 Å². The van der Waals surface area contributed by atoms with Crippen molar-refractivity contribution in [3.63, 3.8) is 0 Å². The number of fused-ring (bicyclic) bond motifs is 2. The van der Waals surface area contributed by atoms with Crippen molar-refractivity contribution in [2.45, 2.75) is 43.5 Å². The van der Waals surface area contributed by atoms with Crippen molar-refractivity contribution in [3.05, 3.63) is 68.1 Å². The lowest BCUT2D eigenvalue weighted by Gasteiger charge is -2.26. The number of aromatic amines is 2. The van der Waals surface area contributed by atoms with Gasteiger partial charge in [0, 0.05) is 23.5 Å². The second-order valence-electron chi connectivity index (χ2n) is 8.92. The Morgan fingerprint density at radius 3 is 2.63 bits per heavy atom. The highest BCUT2D eigenvalue weighted by Crippen LogP contribution is 2.43. The van der Waals surface area contributed by atoms with Crippen LogP contribution in [0.5, 0.6) is 0 Å². The van der Waals surface area contributed by atoms with Gasteiger partial charge in [0.05, 0.1) is 44.6 Å². The van der Waals surface area contributed by atoms with Crippen LogP contribution in [0.25, 0.3) is 21.9 Å². The number of alkyl halides is 3. The molecule has 186 valence electrons. The predicted molar refractivity (Wildman–Crippen MR) is 130 cm³/mol. The fourth-order valence-corrected chi connectivity index (χ4v) is 5.19. The van der Waals surface area contributed by atoms with E-state index < -0.39 is 33.6 Å². The molecule has 1 atom stereocenters. The fraction of sp³-hybridized carbons (Fsp3) is 0.348. The molecule has 0 amide bonds. The van der Waals surface area contributed by atoms with Gasteiger partial charge in [-0.25, -0.2) is 9.78 Å². The number of rotatable bonds is 6. The summed E-state index contributed by atoms with van der Waals surface area (Å²) in [5.41, 5.74) is -2.73. The van der Waals surface area contributed by atoms with Crippen LogP contribution in [-0.4, -0.2) is 37.5 Å². The Morgan fingerprint density at radius 1 is 1.20 bits per heavy atom. The number of nitrogens with one attached hydrogen (secondary N) is 2. The van der Waals surface area contributed by atoms with E-state index in [1.807, 2.05) is 54.7 Å². The summed E-state index contributed by atoms with van der Waals surface area (Å²) in [4.78, 5) is 33.0. The number of hydrogen-bond acceptors (Lipinski definition) is 5. The van der Waals surface area contributed by atoms with E-state index in [4.69, 9.17) is 16.3 Å². The Labute approximate surface area is 206 Å². The zero-order chi connectivity index (χ0) is 25.5. The molecule has 35 heavy (non-hydrogen) atoms. The van der Waals surface area contributed by atoms with Gasteiger partial charge in [0.15, 0.2) is 0 Å². The minimum atomic E-state index is -4.79. The average molecular weight is 527 g/mol. The summed E-state index contributed by atoms with van der Waals surface area (Å²) in [6.45, 7) is 5.94.